The second kappa shape index (κ2) is 11.5. The molecule has 0 spiro atoms. The number of carbonyl (C=O) groups is 2. The maximum absolute atomic E-state index is 15.5. The van der Waals surface area contributed by atoms with E-state index >= 15 is 4.39 Å². The number of halogens is 1. The molecule has 2 aliphatic rings. The Morgan fingerprint density at radius 3 is 2.45 bits per heavy atom. The molecule has 220 valence electrons. The number of nitrogens with one attached hydrogen (secondary N) is 2. The van der Waals surface area contributed by atoms with E-state index in [0.29, 0.717) is 36.9 Å². The van der Waals surface area contributed by atoms with Gasteiger partial charge in [0.1, 0.15) is 5.69 Å². The minimum atomic E-state index is -5.43. The zero-order valence-electron chi connectivity index (χ0n) is 21.4. The number of methoxy groups -OCH3 is 1. The number of thioether (sulfide) groups is 1. The van der Waals surface area contributed by atoms with E-state index in [1.807, 2.05) is 11.8 Å². The Hall–Kier alpha value is -2.29. The van der Waals surface area contributed by atoms with Crippen LogP contribution in [0.25, 0.3) is 10.9 Å². The number of ether oxygens (including phenoxy) is 1. The summed E-state index contributed by atoms with van der Waals surface area (Å²) < 4.78 is 45.7. The Kier molecular flexibility index (Phi) is 8.84. The third-order valence-electron chi connectivity index (χ3n) is 6.51. The molecule has 6 N–H and O–H groups in total. The number of benzene rings is 1. The third kappa shape index (κ3) is 6.44. The fourth-order valence-electron chi connectivity index (χ4n) is 4.61. The van der Waals surface area contributed by atoms with Crippen molar-refractivity contribution >= 4 is 54.6 Å². The van der Waals surface area contributed by atoms with Gasteiger partial charge in [-0.25, -0.2) is 4.39 Å². The number of rotatable bonds is 9. The van der Waals surface area contributed by atoms with Gasteiger partial charge in [-0.2, -0.15) is 0 Å². The van der Waals surface area contributed by atoms with Crippen molar-refractivity contribution in [1.82, 2.24) is 15.2 Å². The Morgan fingerprint density at radius 1 is 1.25 bits per heavy atom. The van der Waals surface area contributed by atoms with E-state index in [1.54, 1.807) is 9.88 Å². The molecule has 40 heavy (non-hydrogen) atoms. The molecule has 1 saturated heterocycles. The summed E-state index contributed by atoms with van der Waals surface area (Å²) in [7, 11) is -9.48. The Labute approximate surface area is 231 Å². The van der Waals surface area contributed by atoms with Gasteiger partial charge in [0.2, 0.25) is 22.0 Å². The quantitative estimate of drug-likeness (QED) is 0.215. The second-order valence-corrected chi connectivity index (χ2v) is 14.4. The molecule has 2 heterocycles. The molecule has 4 rings (SSSR count). The van der Waals surface area contributed by atoms with Crippen molar-refractivity contribution in [3.8, 4) is 5.75 Å². The first kappa shape index (κ1) is 30.7. The molecule has 0 radical (unpaired) electrons. The van der Waals surface area contributed by atoms with Gasteiger partial charge in [-0.15, -0.1) is 0 Å². The molecule has 1 amide bonds. The molecule has 14 nitrogen and oxygen atoms in total. The molecule has 1 unspecified atom stereocenters. The van der Waals surface area contributed by atoms with E-state index < -0.39 is 48.7 Å². The standard InChI is InChI=1S/C22H29FN4O10P2S/c1-11-8-26(6-5-24-11)18-15(23)7-13-17(20(18)37-2)27(12-3-4-12)9-14(19(13)29)21(30)40-10-16(28)25-22(38(31,32)33)39(34,35)36/h7,9,11-12,22,24H,3-6,8,10H2,1-2H3,(H,25,28)(H2,31,32,33)(H2,34,35,36). The molecule has 0 bridgehead atoms. The second-order valence-electron chi connectivity index (χ2n) is 9.64. The number of hydrogen-bond donors (Lipinski definition) is 6. The molecular formula is C22H29FN4O10P2S. The smallest absolute Gasteiger partial charge is 0.360 e. The van der Waals surface area contributed by atoms with E-state index in [9.17, 15) is 23.5 Å². The van der Waals surface area contributed by atoms with Crippen molar-refractivity contribution < 1.29 is 47.4 Å². The van der Waals surface area contributed by atoms with E-state index in [-0.39, 0.29) is 34.5 Å². The summed E-state index contributed by atoms with van der Waals surface area (Å²) in [5, 5.41) is 3.86. The zero-order chi connectivity index (χ0) is 29.6. The highest BCUT2D eigenvalue weighted by Crippen LogP contribution is 2.58. The van der Waals surface area contributed by atoms with E-state index in [0.717, 1.165) is 18.9 Å². The van der Waals surface area contributed by atoms with Gasteiger partial charge < -0.3 is 44.4 Å². The van der Waals surface area contributed by atoms with Crippen molar-refractivity contribution in [3.05, 3.63) is 33.9 Å². The summed E-state index contributed by atoms with van der Waals surface area (Å²) in [6.45, 7) is 3.61. The number of piperazine rings is 1. The maximum Gasteiger partial charge on any atom is 0.360 e. The number of pyridine rings is 1. The van der Waals surface area contributed by atoms with Crippen molar-refractivity contribution in [2.24, 2.45) is 0 Å². The summed E-state index contributed by atoms with van der Waals surface area (Å²) in [6.07, 6.45) is 2.82. The fraction of sp³-hybridized carbons (Fsp3) is 0.500. The first-order valence-electron chi connectivity index (χ1n) is 12.1. The van der Waals surface area contributed by atoms with Gasteiger partial charge in [-0.3, -0.25) is 23.5 Å². The molecule has 1 aromatic heterocycles. The van der Waals surface area contributed by atoms with Crippen LogP contribution in [0, 0.1) is 5.82 Å². The van der Waals surface area contributed by atoms with Crippen LogP contribution in [-0.2, 0) is 13.9 Å². The Bertz CT molecular complexity index is 1480. The van der Waals surface area contributed by atoms with Crippen LogP contribution < -0.4 is 25.7 Å². The van der Waals surface area contributed by atoms with Crippen molar-refractivity contribution in [1.29, 1.82) is 0 Å². The molecule has 1 aliphatic heterocycles. The highest BCUT2D eigenvalue weighted by Gasteiger charge is 2.44. The molecular weight excluding hydrogens is 593 g/mol. The molecule has 2 aromatic rings. The van der Waals surface area contributed by atoms with Gasteiger partial charge in [-0.05, 0) is 25.8 Å². The van der Waals surface area contributed by atoms with Gasteiger partial charge in [0.15, 0.2) is 11.6 Å². The first-order chi connectivity index (χ1) is 18.6. The van der Waals surface area contributed by atoms with Crippen LogP contribution in [-0.4, -0.2) is 79.2 Å². The van der Waals surface area contributed by atoms with Crippen LogP contribution in [0.4, 0.5) is 10.1 Å². The maximum atomic E-state index is 15.5. The lowest BCUT2D eigenvalue weighted by Gasteiger charge is -2.35. The normalized spacial score (nSPS) is 18.3. The lowest BCUT2D eigenvalue weighted by atomic mass is 10.1. The fourth-order valence-corrected chi connectivity index (χ4v) is 7.45. The first-order valence-corrected chi connectivity index (χ1v) is 16.5. The molecule has 1 saturated carbocycles. The summed E-state index contributed by atoms with van der Waals surface area (Å²) in [6, 6.07) is 1.08. The predicted molar refractivity (Wildman–Crippen MR) is 145 cm³/mol. The number of aromatic nitrogens is 1. The van der Waals surface area contributed by atoms with Crippen molar-refractivity contribution in [2.75, 3.05) is 37.4 Å². The van der Waals surface area contributed by atoms with Gasteiger partial charge in [0, 0.05) is 37.9 Å². The number of fused-ring (bicyclic) bond motifs is 1. The number of anilines is 1. The monoisotopic (exact) mass is 622 g/mol. The highest BCUT2D eigenvalue weighted by atomic mass is 32.2. The summed E-state index contributed by atoms with van der Waals surface area (Å²) >= 11 is 0.294. The molecule has 1 aliphatic carbocycles. The summed E-state index contributed by atoms with van der Waals surface area (Å²) in [4.78, 5) is 77.1. The van der Waals surface area contributed by atoms with Crippen LogP contribution in [0.1, 0.15) is 36.2 Å². The molecule has 1 atom stereocenters. The van der Waals surface area contributed by atoms with E-state index in [1.165, 1.54) is 13.3 Å². The number of amides is 1. The van der Waals surface area contributed by atoms with Gasteiger partial charge in [-0.1, -0.05) is 11.8 Å². The molecule has 18 heteroatoms. The van der Waals surface area contributed by atoms with Gasteiger partial charge >= 0.3 is 15.2 Å². The topological polar surface area (TPSA) is 208 Å². The lowest BCUT2D eigenvalue weighted by Crippen LogP contribution is -2.49. The number of carbonyl (C=O) groups excluding carboxylic acids is 2. The average molecular weight is 623 g/mol. The lowest BCUT2D eigenvalue weighted by molar-refractivity contribution is -0.118. The van der Waals surface area contributed by atoms with Crippen LogP contribution in [0.5, 0.6) is 5.75 Å². The number of nitrogens with zero attached hydrogens (tertiary/aromatic N) is 2. The van der Waals surface area contributed by atoms with Gasteiger partial charge in [0.25, 0.3) is 0 Å². The van der Waals surface area contributed by atoms with E-state index in [2.05, 4.69) is 5.32 Å². The van der Waals surface area contributed by atoms with Crippen LogP contribution in [0.3, 0.4) is 0 Å². The Morgan fingerprint density at radius 2 is 1.90 bits per heavy atom. The summed E-state index contributed by atoms with van der Waals surface area (Å²) in [5.74, 6) is -2.58. The zero-order valence-corrected chi connectivity index (χ0v) is 24.0. The number of hydrogen-bond acceptors (Lipinski definition) is 9. The average Bonchev–Trinajstić information content (AvgIpc) is 3.69. The van der Waals surface area contributed by atoms with Crippen LogP contribution in [0.15, 0.2) is 17.1 Å². The predicted octanol–water partition coefficient (Wildman–Crippen LogP) is 0.911. The Balaban J connectivity index is 1.68. The largest absolute Gasteiger partial charge is 0.492 e. The molecule has 1 aromatic carbocycles. The van der Waals surface area contributed by atoms with Crippen LogP contribution in [0.2, 0.25) is 0 Å². The van der Waals surface area contributed by atoms with E-state index in [4.69, 9.17) is 24.3 Å². The minimum absolute atomic E-state index is 0.0793. The highest BCUT2D eigenvalue weighted by molar-refractivity contribution is 8.14. The minimum Gasteiger partial charge on any atom is -0.492 e. The molecule has 2 fully saturated rings. The SMILES string of the molecule is COc1c(N2CCNC(C)C2)c(F)cc2c(=O)c(C(=O)SCC(=O)NC(P(=O)(O)O)P(=O)(O)O)cn(C3CC3)c12. The van der Waals surface area contributed by atoms with Crippen LogP contribution >= 0.6 is 27.0 Å². The third-order valence-corrected chi connectivity index (χ3v) is 10.7. The summed E-state index contributed by atoms with van der Waals surface area (Å²) in [5.41, 5.74) is -3.39. The van der Waals surface area contributed by atoms with Crippen molar-refractivity contribution in [2.45, 2.75) is 37.4 Å². The van der Waals surface area contributed by atoms with Crippen molar-refractivity contribution in [3.63, 3.8) is 0 Å². The van der Waals surface area contributed by atoms with Gasteiger partial charge in [0.05, 0.1) is 29.3 Å².